The lowest BCUT2D eigenvalue weighted by molar-refractivity contribution is -0.137. The Morgan fingerprint density at radius 1 is 1.24 bits per heavy atom. The van der Waals surface area contributed by atoms with Crippen molar-refractivity contribution in [2.75, 3.05) is 43.1 Å². The van der Waals surface area contributed by atoms with Gasteiger partial charge in [-0.2, -0.15) is 13.2 Å². The van der Waals surface area contributed by atoms with Crippen molar-refractivity contribution < 1.29 is 27.4 Å². The molecule has 2 heterocycles. The van der Waals surface area contributed by atoms with Crippen LogP contribution in [0.25, 0.3) is 0 Å². The van der Waals surface area contributed by atoms with Crippen molar-refractivity contribution in [3.63, 3.8) is 0 Å². The summed E-state index contributed by atoms with van der Waals surface area (Å²) < 4.78 is 50.1. The summed E-state index contributed by atoms with van der Waals surface area (Å²) in [7, 11) is 0. The Kier molecular flexibility index (Phi) is 6.58. The number of aromatic nitrogens is 1. The summed E-state index contributed by atoms with van der Waals surface area (Å²) >= 11 is 0. The fourth-order valence-corrected chi connectivity index (χ4v) is 2.89. The first-order chi connectivity index (χ1) is 13.9. The maximum atomic E-state index is 13.1. The van der Waals surface area contributed by atoms with Gasteiger partial charge >= 0.3 is 6.18 Å². The van der Waals surface area contributed by atoms with Crippen LogP contribution in [0.4, 0.5) is 24.5 Å². The Labute approximate surface area is 166 Å². The van der Waals surface area contributed by atoms with E-state index in [0.717, 1.165) is 17.8 Å². The van der Waals surface area contributed by atoms with Gasteiger partial charge in [0.15, 0.2) is 0 Å². The number of amides is 1. The van der Waals surface area contributed by atoms with E-state index in [1.165, 1.54) is 12.3 Å². The molecular formula is C20H22F3N3O3. The van der Waals surface area contributed by atoms with Gasteiger partial charge in [0, 0.05) is 25.0 Å². The number of ether oxygens (including phenoxy) is 2. The van der Waals surface area contributed by atoms with Gasteiger partial charge in [0.1, 0.15) is 11.4 Å². The molecule has 1 saturated heterocycles. The Morgan fingerprint density at radius 3 is 2.69 bits per heavy atom. The number of alkyl halides is 3. The third-order valence-corrected chi connectivity index (χ3v) is 4.37. The molecule has 1 amide bonds. The van der Waals surface area contributed by atoms with Gasteiger partial charge < -0.3 is 19.7 Å². The lowest BCUT2D eigenvalue weighted by Gasteiger charge is -2.28. The fraction of sp³-hybridized carbons (Fsp3) is 0.400. The van der Waals surface area contributed by atoms with Crippen LogP contribution in [0.5, 0.6) is 5.75 Å². The topological polar surface area (TPSA) is 63.7 Å². The molecule has 156 valence electrons. The van der Waals surface area contributed by atoms with E-state index in [1.807, 2.05) is 6.92 Å². The predicted molar refractivity (Wildman–Crippen MR) is 102 cm³/mol. The Bertz CT molecular complexity index is 852. The standard InChI is InChI=1S/C20H22F3N3O3/c1-2-9-29-18-4-3-14(20(21,22)23)12-16(18)25-19(27)17-13-15(5-6-24-17)26-7-10-28-11-8-26/h3-6,12-13H,2,7-11H2,1H3,(H,25,27). The number of carbonyl (C=O) groups is 1. The highest BCUT2D eigenvalue weighted by Crippen LogP contribution is 2.35. The molecule has 0 spiro atoms. The van der Waals surface area contributed by atoms with Gasteiger partial charge in [0.05, 0.1) is 31.1 Å². The van der Waals surface area contributed by atoms with E-state index in [0.29, 0.717) is 39.3 Å². The second-order valence-electron chi connectivity index (χ2n) is 6.51. The van der Waals surface area contributed by atoms with Crippen molar-refractivity contribution in [3.05, 3.63) is 47.8 Å². The zero-order valence-electron chi connectivity index (χ0n) is 16.0. The Balaban J connectivity index is 1.83. The zero-order valence-corrected chi connectivity index (χ0v) is 16.0. The van der Waals surface area contributed by atoms with Crippen molar-refractivity contribution in [2.24, 2.45) is 0 Å². The number of nitrogens with one attached hydrogen (secondary N) is 1. The highest BCUT2D eigenvalue weighted by molar-refractivity contribution is 6.04. The minimum Gasteiger partial charge on any atom is -0.491 e. The molecule has 1 fully saturated rings. The monoisotopic (exact) mass is 409 g/mol. The van der Waals surface area contributed by atoms with Gasteiger partial charge in [0.2, 0.25) is 0 Å². The van der Waals surface area contributed by atoms with Crippen molar-refractivity contribution >= 4 is 17.3 Å². The first kappa shape index (κ1) is 20.9. The van der Waals surface area contributed by atoms with Crippen LogP contribution in [-0.2, 0) is 10.9 Å². The number of morpholine rings is 1. The van der Waals surface area contributed by atoms with E-state index in [2.05, 4.69) is 15.2 Å². The van der Waals surface area contributed by atoms with Gasteiger partial charge in [-0.1, -0.05) is 6.92 Å². The molecule has 0 aliphatic carbocycles. The van der Waals surface area contributed by atoms with E-state index in [1.54, 1.807) is 12.1 Å². The second-order valence-corrected chi connectivity index (χ2v) is 6.51. The molecule has 0 saturated carbocycles. The average Bonchev–Trinajstić information content (AvgIpc) is 2.73. The van der Waals surface area contributed by atoms with Crippen LogP contribution in [0.3, 0.4) is 0 Å². The molecule has 1 N–H and O–H groups in total. The van der Waals surface area contributed by atoms with Crippen LogP contribution in [0.15, 0.2) is 36.5 Å². The quantitative estimate of drug-likeness (QED) is 0.782. The smallest absolute Gasteiger partial charge is 0.416 e. The largest absolute Gasteiger partial charge is 0.491 e. The minimum absolute atomic E-state index is 0.0446. The molecular weight excluding hydrogens is 387 g/mol. The number of pyridine rings is 1. The van der Waals surface area contributed by atoms with Gasteiger partial charge in [-0.25, -0.2) is 0 Å². The second kappa shape index (κ2) is 9.13. The molecule has 1 aliphatic rings. The summed E-state index contributed by atoms with van der Waals surface area (Å²) in [5.74, 6) is -0.432. The van der Waals surface area contributed by atoms with Crippen molar-refractivity contribution in [2.45, 2.75) is 19.5 Å². The highest BCUT2D eigenvalue weighted by atomic mass is 19.4. The fourth-order valence-electron chi connectivity index (χ4n) is 2.89. The van der Waals surface area contributed by atoms with Gasteiger partial charge in [-0.15, -0.1) is 0 Å². The number of halogens is 3. The molecule has 3 rings (SSSR count). The number of carbonyl (C=O) groups excluding carboxylic acids is 1. The van der Waals surface area contributed by atoms with Crippen LogP contribution >= 0.6 is 0 Å². The van der Waals surface area contributed by atoms with Crippen LogP contribution < -0.4 is 15.0 Å². The number of rotatable bonds is 6. The molecule has 1 aromatic carbocycles. The molecule has 0 bridgehead atoms. The molecule has 0 atom stereocenters. The lowest BCUT2D eigenvalue weighted by Crippen LogP contribution is -2.36. The van der Waals surface area contributed by atoms with E-state index in [-0.39, 0.29) is 17.1 Å². The van der Waals surface area contributed by atoms with Crippen LogP contribution in [0.1, 0.15) is 29.4 Å². The summed E-state index contributed by atoms with van der Waals surface area (Å²) in [6.07, 6.45) is -2.35. The number of anilines is 2. The third kappa shape index (κ3) is 5.38. The van der Waals surface area contributed by atoms with E-state index < -0.39 is 17.6 Å². The van der Waals surface area contributed by atoms with E-state index in [4.69, 9.17) is 9.47 Å². The molecule has 1 aromatic heterocycles. The molecule has 6 nitrogen and oxygen atoms in total. The van der Waals surface area contributed by atoms with Crippen LogP contribution in [-0.4, -0.2) is 43.8 Å². The summed E-state index contributed by atoms with van der Waals surface area (Å²) in [5.41, 5.74) is -0.00341. The Hall–Kier alpha value is -2.81. The SMILES string of the molecule is CCCOc1ccc(C(F)(F)F)cc1NC(=O)c1cc(N2CCOCC2)ccn1. The predicted octanol–water partition coefficient (Wildman–Crippen LogP) is 3.98. The van der Waals surface area contributed by atoms with E-state index >= 15 is 0 Å². The maximum Gasteiger partial charge on any atom is 0.416 e. The van der Waals surface area contributed by atoms with Gasteiger partial charge in [0.25, 0.3) is 5.91 Å². The summed E-state index contributed by atoms with van der Waals surface area (Å²) in [6.45, 7) is 4.75. The maximum absolute atomic E-state index is 13.1. The normalized spacial score (nSPS) is 14.6. The highest BCUT2D eigenvalue weighted by Gasteiger charge is 2.31. The van der Waals surface area contributed by atoms with E-state index in [9.17, 15) is 18.0 Å². The van der Waals surface area contributed by atoms with Gasteiger partial charge in [-0.3, -0.25) is 9.78 Å². The van der Waals surface area contributed by atoms with Crippen molar-refractivity contribution in [3.8, 4) is 5.75 Å². The molecule has 2 aromatic rings. The summed E-state index contributed by atoms with van der Waals surface area (Å²) in [6, 6.07) is 6.40. The molecule has 9 heteroatoms. The average molecular weight is 409 g/mol. The van der Waals surface area contributed by atoms with Crippen LogP contribution in [0, 0.1) is 0 Å². The minimum atomic E-state index is -4.53. The van der Waals surface area contributed by atoms with Gasteiger partial charge in [-0.05, 0) is 36.8 Å². The zero-order chi connectivity index (χ0) is 20.9. The molecule has 0 unspecified atom stereocenters. The van der Waals surface area contributed by atoms with Crippen molar-refractivity contribution in [1.82, 2.24) is 4.98 Å². The first-order valence-corrected chi connectivity index (χ1v) is 9.32. The summed E-state index contributed by atoms with van der Waals surface area (Å²) in [5, 5.41) is 2.51. The van der Waals surface area contributed by atoms with Crippen LogP contribution in [0.2, 0.25) is 0 Å². The molecule has 29 heavy (non-hydrogen) atoms. The molecule has 0 radical (unpaired) electrons. The number of hydrogen-bond donors (Lipinski definition) is 1. The summed E-state index contributed by atoms with van der Waals surface area (Å²) in [4.78, 5) is 18.8. The third-order valence-electron chi connectivity index (χ3n) is 4.37. The molecule has 1 aliphatic heterocycles. The lowest BCUT2D eigenvalue weighted by atomic mass is 10.1. The first-order valence-electron chi connectivity index (χ1n) is 9.32. The van der Waals surface area contributed by atoms with Crippen molar-refractivity contribution in [1.29, 1.82) is 0 Å². The Morgan fingerprint density at radius 2 is 2.00 bits per heavy atom. The number of nitrogens with zero attached hydrogens (tertiary/aromatic N) is 2. The number of benzene rings is 1. The number of hydrogen-bond acceptors (Lipinski definition) is 5.